The van der Waals surface area contributed by atoms with Crippen molar-refractivity contribution < 1.29 is 4.79 Å². The molecule has 1 aromatic heterocycles. The van der Waals surface area contributed by atoms with Gasteiger partial charge in [-0.05, 0) is 34.6 Å². The monoisotopic (exact) mass is 365 g/mol. The van der Waals surface area contributed by atoms with Crippen LogP contribution in [0.3, 0.4) is 0 Å². The Morgan fingerprint density at radius 3 is 2.65 bits per heavy atom. The lowest BCUT2D eigenvalue weighted by molar-refractivity contribution is -0.118. The van der Waals surface area contributed by atoms with Crippen LogP contribution in [0.5, 0.6) is 0 Å². The number of halogens is 2. The highest BCUT2D eigenvalue weighted by Crippen LogP contribution is 2.21. The van der Waals surface area contributed by atoms with Crippen LogP contribution in [0, 0.1) is 6.92 Å². The molecule has 0 bridgehead atoms. The summed E-state index contributed by atoms with van der Waals surface area (Å²) < 4.78 is 1.88. The Morgan fingerprint density at radius 1 is 1.43 bits per heavy atom. The van der Waals surface area contributed by atoms with Crippen molar-refractivity contribution in [1.82, 2.24) is 20.0 Å². The quantitative estimate of drug-likeness (QED) is 0.859. The number of nitrogens with one attached hydrogen (secondary N) is 2. The minimum absolute atomic E-state index is 0. The second kappa shape index (κ2) is 8.87. The van der Waals surface area contributed by atoms with Gasteiger partial charge in [-0.3, -0.25) is 9.69 Å². The van der Waals surface area contributed by atoms with E-state index in [0.29, 0.717) is 12.6 Å². The average Bonchev–Trinajstić information content (AvgIpc) is 2.73. The van der Waals surface area contributed by atoms with Crippen molar-refractivity contribution in [3.05, 3.63) is 11.8 Å². The Balaban J connectivity index is 0.00000242. The van der Waals surface area contributed by atoms with Gasteiger partial charge >= 0.3 is 0 Å². The smallest absolute Gasteiger partial charge is 0.239 e. The lowest BCUT2D eigenvalue weighted by Crippen LogP contribution is -2.52. The van der Waals surface area contributed by atoms with Crippen LogP contribution in [0.25, 0.3) is 0 Å². The molecule has 1 atom stereocenters. The first-order valence-electron chi connectivity index (χ1n) is 7.59. The molecular formula is C15H29Cl2N5O. The molecule has 0 unspecified atom stereocenters. The normalized spacial score (nSPS) is 18.7. The van der Waals surface area contributed by atoms with E-state index in [9.17, 15) is 4.79 Å². The molecule has 0 radical (unpaired) electrons. The van der Waals surface area contributed by atoms with Crippen molar-refractivity contribution in [2.45, 2.75) is 46.2 Å². The van der Waals surface area contributed by atoms with Crippen LogP contribution in [-0.2, 0) is 10.3 Å². The predicted octanol–water partition coefficient (Wildman–Crippen LogP) is 2.02. The van der Waals surface area contributed by atoms with E-state index >= 15 is 0 Å². The summed E-state index contributed by atoms with van der Waals surface area (Å²) in [6, 6.07) is 2.31. The van der Waals surface area contributed by atoms with Gasteiger partial charge in [-0.15, -0.1) is 24.8 Å². The minimum atomic E-state index is -0.154. The fraction of sp³-hybridized carbons (Fsp3) is 0.733. The number of rotatable bonds is 3. The number of hydrogen-bond donors (Lipinski definition) is 2. The van der Waals surface area contributed by atoms with Gasteiger partial charge in [0.15, 0.2) is 0 Å². The fourth-order valence-electron chi connectivity index (χ4n) is 2.58. The Labute approximate surface area is 151 Å². The molecule has 2 rings (SSSR count). The summed E-state index contributed by atoms with van der Waals surface area (Å²) in [5.74, 6) is 0.793. The van der Waals surface area contributed by atoms with Crippen LogP contribution in [0.2, 0.25) is 0 Å². The molecule has 0 aromatic carbocycles. The van der Waals surface area contributed by atoms with Crippen LogP contribution in [-0.4, -0.2) is 52.8 Å². The molecule has 1 amide bonds. The summed E-state index contributed by atoms with van der Waals surface area (Å²) in [6.07, 6.45) is 0. The SMILES string of the molecule is Cc1cc(NC(=O)CN2CCNC[C@@H]2C)n(C(C)(C)C)n1.Cl.Cl. The van der Waals surface area contributed by atoms with Gasteiger partial charge in [-0.2, -0.15) is 5.10 Å². The molecule has 23 heavy (non-hydrogen) atoms. The van der Waals surface area contributed by atoms with E-state index in [4.69, 9.17) is 0 Å². The van der Waals surface area contributed by atoms with Crippen molar-refractivity contribution in [1.29, 1.82) is 0 Å². The zero-order chi connectivity index (χ0) is 15.6. The summed E-state index contributed by atoms with van der Waals surface area (Å²) in [5.41, 5.74) is 0.759. The largest absolute Gasteiger partial charge is 0.314 e. The summed E-state index contributed by atoms with van der Waals surface area (Å²) in [4.78, 5) is 14.5. The van der Waals surface area contributed by atoms with E-state index in [1.54, 1.807) is 0 Å². The molecule has 2 heterocycles. The maximum atomic E-state index is 12.3. The van der Waals surface area contributed by atoms with Crippen LogP contribution in [0.4, 0.5) is 5.82 Å². The van der Waals surface area contributed by atoms with Crippen LogP contribution >= 0.6 is 24.8 Å². The Morgan fingerprint density at radius 2 is 2.09 bits per heavy atom. The highest BCUT2D eigenvalue weighted by Gasteiger charge is 2.23. The Hall–Kier alpha value is -0.820. The zero-order valence-electron chi connectivity index (χ0n) is 14.5. The topological polar surface area (TPSA) is 62.2 Å². The second-order valence-corrected chi connectivity index (χ2v) is 6.83. The van der Waals surface area contributed by atoms with Crippen LogP contribution in [0.15, 0.2) is 6.07 Å². The molecule has 1 aliphatic rings. The lowest BCUT2D eigenvalue weighted by Gasteiger charge is -2.33. The van der Waals surface area contributed by atoms with E-state index in [2.05, 4.69) is 48.3 Å². The van der Waals surface area contributed by atoms with Gasteiger partial charge in [0.1, 0.15) is 5.82 Å². The highest BCUT2D eigenvalue weighted by atomic mass is 35.5. The van der Waals surface area contributed by atoms with Crippen molar-refractivity contribution in [3.8, 4) is 0 Å². The standard InChI is InChI=1S/C15H27N5O.2ClH/c1-11-8-13(20(18-11)15(3,4)5)17-14(21)10-19-7-6-16-9-12(19)2;;/h8,12,16H,6-7,9-10H2,1-5H3,(H,17,21);2*1H/t12-;;/m0../s1. The van der Waals surface area contributed by atoms with E-state index < -0.39 is 0 Å². The fourth-order valence-corrected chi connectivity index (χ4v) is 2.58. The van der Waals surface area contributed by atoms with E-state index in [0.717, 1.165) is 31.1 Å². The van der Waals surface area contributed by atoms with Gasteiger partial charge in [-0.25, -0.2) is 4.68 Å². The third-order valence-electron chi connectivity index (χ3n) is 3.72. The van der Waals surface area contributed by atoms with E-state index in [1.165, 1.54) is 0 Å². The second-order valence-electron chi connectivity index (χ2n) is 6.83. The molecule has 2 N–H and O–H groups in total. The summed E-state index contributed by atoms with van der Waals surface area (Å²) in [5, 5.41) is 10.8. The van der Waals surface area contributed by atoms with Crippen LogP contribution < -0.4 is 10.6 Å². The Bertz CT molecular complexity index is 512. The number of carbonyl (C=O) groups is 1. The minimum Gasteiger partial charge on any atom is -0.314 e. The van der Waals surface area contributed by atoms with Gasteiger partial charge < -0.3 is 10.6 Å². The first-order chi connectivity index (χ1) is 9.77. The summed E-state index contributed by atoms with van der Waals surface area (Å²) in [6.45, 7) is 13.5. The van der Waals surface area contributed by atoms with Gasteiger partial charge in [0.2, 0.25) is 5.91 Å². The van der Waals surface area contributed by atoms with Crippen molar-refractivity contribution in [3.63, 3.8) is 0 Å². The Kier molecular flexibility index (Phi) is 8.56. The van der Waals surface area contributed by atoms with Gasteiger partial charge in [-0.1, -0.05) is 0 Å². The summed E-state index contributed by atoms with van der Waals surface area (Å²) in [7, 11) is 0. The molecule has 1 aliphatic heterocycles. The number of aromatic nitrogens is 2. The first kappa shape index (κ1) is 22.2. The molecule has 6 nitrogen and oxygen atoms in total. The number of anilines is 1. The number of aryl methyl sites for hydroxylation is 1. The van der Waals surface area contributed by atoms with Crippen molar-refractivity contribution in [2.24, 2.45) is 0 Å². The van der Waals surface area contributed by atoms with Gasteiger partial charge in [0, 0.05) is 31.7 Å². The van der Waals surface area contributed by atoms with E-state index in [-0.39, 0.29) is 36.3 Å². The highest BCUT2D eigenvalue weighted by molar-refractivity contribution is 5.91. The predicted molar refractivity (Wildman–Crippen MR) is 99.0 cm³/mol. The zero-order valence-corrected chi connectivity index (χ0v) is 16.2. The molecule has 8 heteroatoms. The maximum absolute atomic E-state index is 12.3. The third-order valence-corrected chi connectivity index (χ3v) is 3.72. The molecule has 0 aliphatic carbocycles. The number of hydrogen-bond acceptors (Lipinski definition) is 4. The third kappa shape index (κ3) is 5.95. The molecule has 134 valence electrons. The number of carbonyl (C=O) groups excluding carboxylic acids is 1. The molecule has 1 saturated heterocycles. The first-order valence-corrected chi connectivity index (χ1v) is 7.59. The van der Waals surface area contributed by atoms with E-state index in [1.807, 2.05) is 17.7 Å². The van der Waals surface area contributed by atoms with Gasteiger partial charge in [0.05, 0.1) is 17.8 Å². The van der Waals surface area contributed by atoms with Gasteiger partial charge in [0.25, 0.3) is 0 Å². The lowest BCUT2D eigenvalue weighted by atomic mass is 10.1. The van der Waals surface area contributed by atoms with Crippen molar-refractivity contribution in [2.75, 3.05) is 31.5 Å². The number of piperazine rings is 1. The number of amides is 1. The maximum Gasteiger partial charge on any atom is 0.239 e. The molecule has 1 fully saturated rings. The molecule has 0 saturated carbocycles. The number of nitrogens with zero attached hydrogens (tertiary/aromatic N) is 3. The van der Waals surface area contributed by atoms with Crippen LogP contribution in [0.1, 0.15) is 33.4 Å². The molecule has 0 spiro atoms. The van der Waals surface area contributed by atoms with Crippen molar-refractivity contribution >= 4 is 36.5 Å². The summed E-state index contributed by atoms with van der Waals surface area (Å²) >= 11 is 0. The molecule has 1 aromatic rings. The molecular weight excluding hydrogens is 337 g/mol. The average molecular weight is 366 g/mol.